The van der Waals surface area contributed by atoms with Crippen LogP contribution in [0.25, 0.3) is 0 Å². The van der Waals surface area contributed by atoms with Gasteiger partial charge in [0.1, 0.15) is 0 Å². The van der Waals surface area contributed by atoms with E-state index in [2.05, 4.69) is 29.1 Å². The van der Waals surface area contributed by atoms with Crippen molar-refractivity contribution in [3.8, 4) is 0 Å². The lowest BCUT2D eigenvalue weighted by atomic mass is 9.93. The molecule has 2 atom stereocenters. The number of rotatable bonds is 3. The molecule has 1 aliphatic heterocycles. The lowest BCUT2D eigenvalue weighted by Gasteiger charge is -2.30. The van der Waals surface area contributed by atoms with Gasteiger partial charge < -0.3 is 15.4 Å². The van der Waals surface area contributed by atoms with Crippen LogP contribution in [0.15, 0.2) is 6.33 Å². The van der Waals surface area contributed by atoms with Crippen LogP contribution in [0.5, 0.6) is 0 Å². The number of aromatic amines is 1. The van der Waals surface area contributed by atoms with E-state index in [1.165, 1.54) is 5.69 Å². The van der Waals surface area contributed by atoms with E-state index in [0.717, 1.165) is 18.5 Å². The summed E-state index contributed by atoms with van der Waals surface area (Å²) in [7, 11) is 0. The van der Waals surface area contributed by atoms with Gasteiger partial charge in [0.25, 0.3) is 0 Å². The lowest BCUT2D eigenvalue weighted by molar-refractivity contribution is 0.214. The van der Waals surface area contributed by atoms with E-state index in [1.54, 1.807) is 6.33 Å². The first-order valence-electron chi connectivity index (χ1n) is 5.59. The number of hydrogen-bond acceptors (Lipinski definition) is 3. The molecule has 2 rings (SSSR count). The topological polar surface area (TPSA) is 60.9 Å². The molecule has 4 nitrogen and oxygen atoms in total. The van der Waals surface area contributed by atoms with Crippen LogP contribution in [0.2, 0.25) is 0 Å². The van der Waals surface area contributed by atoms with E-state index in [-0.39, 0.29) is 18.7 Å². The Kier molecular flexibility index (Phi) is 3.07. The van der Waals surface area contributed by atoms with Crippen molar-refractivity contribution < 1.29 is 5.11 Å². The maximum atomic E-state index is 9.21. The molecule has 0 radical (unpaired) electrons. The highest BCUT2D eigenvalue weighted by Crippen LogP contribution is 2.27. The molecule has 2 heterocycles. The fourth-order valence-corrected chi connectivity index (χ4v) is 2.23. The Balaban J connectivity index is 2.17. The van der Waals surface area contributed by atoms with Crippen molar-refractivity contribution >= 4 is 0 Å². The molecule has 1 aromatic heterocycles. The fourth-order valence-electron chi connectivity index (χ4n) is 2.23. The van der Waals surface area contributed by atoms with Gasteiger partial charge in [-0.15, -0.1) is 0 Å². The third-order valence-corrected chi connectivity index (χ3v) is 2.90. The molecule has 0 spiro atoms. The third-order valence-electron chi connectivity index (χ3n) is 2.90. The van der Waals surface area contributed by atoms with Gasteiger partial charge in [-0.25, -0.2) is 4.98 Å². The quantitative estimate of drug-likeness (QED) is 0.696. The maximum Gasteiger partial charge on any atom is 0.0925 e. The molecule has 0 saturated carbocycles. The van der Waals surface area contributed by atoms with E-state index < -0.39 is 0 Å². The minimum atomic E-state index is 0.168. The first-order valence-corrected chi connectivity index (χ1v) is 5.59. The number of hydrogen-bond donors (Lipinski definition) is 3. The van der Waals surface area contributed by atoms with Crippen molar-refractivity contribution in [3.05, 3.63) is 17.7 Å². The summed E-state index contributed by atoms with van der Waals surface area (Å²) in [4.78, 5) is 7.52. The number of nitrogens with one attached hydrogen (secondary N) is 2. The van der Waals surface area contributed by atoms with E-state index in [1.807, 2.05) is 0 Å². The minimum absolute atomic E-state index is 0.168. The number of nitrogens with zero attached hydrogens (tertiary/aromatic N) is 1. The van der Waals surface area contributed by atoms with Gasteiger partial charge in [0.05, 0.1) is 24.7 Å². The number of H-pyrrole nitrogens is 1. The van der Waals surface area contributed by atoms with Crippen LogP contribution < -0.4 is 5.32 Å². The van der Waals surface area contributed by atoms with Gasteiger partial charge >= 0.3 is 0 Å². The number of fused-ring (bicyclic) bond motifs is 1. The Morgan fingerprint density at radius 1 is 1.60 bits per heavy atom. The summed E-state index contributed by atoms with van der Waals surface area (Å²) >= 11 is 0. The highest BCUT2D eigenvalue weighted by atomic mass is 16.3. The van der Waals surface area contributed by atoms with Crippen LogP contribution >= 0.6 is 0 Å². The Hall–Kier alpha value is -0.870. The van der Waals surface area contributed by atoms with Crippen LogP contribution in [0.3, 0.4) is 0 Å². The molecule has 84 valence electrons. The Labute approximate surface area is 90.1 Å². The molecule has 1 aliphatic rings. The SMILES string of the molecule is CC(C)CC1NC(CO)Cc2[nH]cnc21. The van der Waals surface area contributed by atoms with E-state index in [9.17, 15) is 5.11 Å². The smallest absolute Gasteiger partial charge is 0.0925 e. The van der Waals surface area contributed by atoms with Gasteiger partial charge in [0.2, 0.25) is 0 Å². The highest BCUT2D eigenvalue weighted by Gasteiger charge is 2.28. The molecule has 15 heavy (non-hydrogen) atoms. The summed E-state index contributed by atoms with van der Waals surface area (Å²) in [5.74, 6) is 0.629. The summed E-state index contributed by atoms with van der Waals surface area (Å²) in [5.41, 5.74) is 2.31. The molecular weight excluding hydrogens is 190 g/mol. The molecule has 0 aliphatic carbocycles. The second-order valence-electron chi connectivity index (χ2n) is 4.70. The lowest BCUT2D eigenvalue weighted by Crippen LogP contribution is -2.42. The Bertz CT molecular complexity index is 321. The van der Waals surface area contributed by atoms with Crippen molar-refractivity contribution in [2.45, 2.75) is 38.8 Å². The molecule has 1 aromatic rings. The largest absolute Gasteiger partial charge is 0.395 e. The number of aliphatic hydroxyl groups is 1. The molecule has 0 aromatic carbocycles. The van der Waals surface area contributed by atoms with Crippen molar-refractivity contribution in [1.82, 2.24) is 15.3 Å². The molecule has 0 amide bonds. The van der Waals surface area contributed by atoms with Crippen molar-refractivity contribution in [1.29, 1.82) is 0 Å². The predicted molar refractivity (Wildman–Crippen MR) is 58.5 cm³/mol. The second-order valence-corrected chi connectivity index (χ2v) is 4.70. The zero-order valence-corrected chi connectivity index (χ0v) is 9.33. The van der Waals surface area contributed by atoms with Crippen molar-refractivity contribution in [2.75, 3.05) is 6.61 Å². The summed E-state index contributed by atoms with van der Waals surface area (Å²) < 4.78 is 0. The molecule has 0 bridgehead atoms. The van der Waals surface area contributed by atoms with Gasteiger partial charge in [0.15, 0.2) is 0 Å². The van der Waals surface area contributed by atoms with E-state index in [0.29, 0.717) is 5.92 Å². The highest BCUT2D eigenvalue weighted by molar-refractivity contribution is 5.20. The van der Waals surface area contributed by atoms with Gasteiger partial charge in [-0.2, -0.15) is 0 Å². The van der Waals surface area contributed by atoms with Gasteiger partial charge in [-0.3, -0.25) is 0 Å². The monoisotopic (exact) mass is 209 g/mol. The minimum Gasteiger partial charge on any atom is -0.395 e. The van der Waals surface area contributed by atoms with E-state index in [4.69, 9.17) is 0 Å². The van der Waals surface area contributed by atoms with Crippen LogP contribution in [-0.2, 0) is 6.42 Å². The third kappa shape index (κ3) is 2.21. The molecule has 4 heteroatoms. The summed E-state index contributed by atoms with van der Waals surface area (Å²) in [6.45, 7) is 4.60. The van der Waals surface area contributed by atoms with Gasteiger partial charge in [-0.05, 0) is 12.3 Å². The van der Waals surface area contributed by atoms with Gasteiger partial charge in [-0.1, -0.05) is 13.8 Å². The number of aliphatic hydroxyl groups excluding tert-OH is 1. The van der Waals surface area contributed by atoms with E-state index >= 15 is 0 Å². The predicted octanol–water partition coefficient (Wildman–Crippen LogP) is 1.00. The Morgan fingerprint density at radius 3 is 3.07 bits per heavy atom. The first kappa shape index (κ1) is 10.6. The standard InChI is InChI=1S/C11H19N3O/c1-7(2)3-10-11-9(12-6-13-11)4-8(5-15)14-10/h6-8,10,14-15H,3-5H2,1-2H3,(H,12,13). The van der Waals surface area contributed by atoms with Gasteiger partial charge in [0, 0.05) is 18.2 Å². The van der Waals surface area contributed by atoms with Crippen LogP contribution in [-0.4, -0.2) is 27.7 Å². The number of imidazole rings is 1. The zero-order chi connectivity index (χ0) is 10.8. The van der Waals surface area contributed by atoms with Crippen molar-refractivity contribution in [3.63, 3.8) is 0 Å². The molecular formula is C11H19N3O. The molecule has 3 N–H and O–H groups in total. The summed E-state index contributed by atoms with van der Waals surface area (Å²) in [6.07, 6.45) is 3.66. The molecule has 0 saturated heterocycles. The second kappa shape index (κ2) is 4.33. The van der Waals surface area contributed by atoms with Crippen molar-refractivity contribution in [2.24, 2.45) is 5.92 Å². The fraction of sp³-hybridized carbons (Fsp3) is 0.727. The maximum absolute atomic E-state index is 9.21. The molecule has 2 unspecified atom stereocenters. The Morgan fingerprint density at radius 2 is 2.40 bits per heavy atom. The van der Waals surface area contributed by atoms with Crippen LogP contribution in [0.1, 0.15) is 37.7 Å². The number of aromatic nitrogens is 2. The average Bonchev–Trinajstić information content (AvgIpc) is 2.64. The summed E-state index contributed by atoms with van der Waals surface area (Å²) in [5, 5.41) is 12.7. The zero-order valence-electron chi connectivity index (χ0n) is 9.33. The average molecular weight is 209 g/mol. The van der Waals surface area contributed by atoms with Crippen LogP contribution in [0.4, 0.5) is 0 Å². The van der Waals surface area contributed by atoms with Crippen LogP contribution in [0, 0.1) is 5.92 Å². The normalized spacial score (nSPS) is 25.6. The molecule has 0 fully saturated rings. The summed E-state index contributed by atoms with van der Waals surface area (Å²) in [6, 6.07) is 0.457. The first-order chi connectivity index (χ1) is 7.20.